The Morgan fingerprint density at radius 3 is 2.43 bits per heavy atom. The minimum atomic E-state index is -0.288. The normalized spacial score (nSPS) is 11.3. The third kappa shape index (κ3) is 2.95. The molecule has 2 aromatic heterocycles. The van der Waals surface area contributed by atoms with Crippen LogP contribution in [0.3, 0.4) is 0 Å². The highest BCUT2D eigenvalue weighted by atomic mass is 16.3. The van der Waals surface area contributed by atoms with Gasteiger partial charge in [0.1, 0.15) is 5.69 Å². The molecule has 0 saturated heterocycles. The molecule has 0 spiro atoms. The van der Waals surface area contributed by atoms with Crippen LogP contribution < -0.4 is 9.78 Å². The fourth-order valence-electron chi connectivity index (χ4n) is 1.98. The molecule has 21 heavy (non-hydrogen) atoms. The predicted octanol–water partition coefficient (Wildman–Crippen LogP) is 1.61. The van der Waals surface area contributed by atoms with Crippen molar-refractivity contribution >= 4 is 5.90 Å². The molecule has 4 nitrogen and oxygen atoms in total. The monoisotopic (exact) mass is 275 g/mol. The minimum absolute atomic E-state index is 0.288. The molecular formula is C17H13N3O. The Balaban J connectivity index is 2.04. The van der Waals surface area contributed by atoms with Gasteiger partial charge < -0.3 is 5.11 Å². The van der Waals surface area contributed by atoms with Gasteiger partial charge >= 0.3 is 0 Å². The molecule has 2 heterocycles. The van der Waals surface area contributed by atoms with E-state index in [9.17, 15) is 5.11 Å². The third-order valence-corrected chi connectivity index (χ3v) is 2.99. The van der Waals surface area contributed by atoms with E-state index in [1.165, 1.54) is 0 Å². The van der Waals surface area contributed by atoms with Crippen LogP contribution in [-0.2, 0) is 0 Å². The van der Waals surface area contributed by atoms with Crippen molar-refractivity contribution < 1.29 is 9.78 Å². The quantitative estimate of drug-likeness (QED) is 0.414. The fraction of sp³-hybridized carbons (Fsp3) is 0. The number of nitrogens with zero attached hydrogens (tertiary/aromatic N) is 3. The molecule has 0 aliphatic carbocycles. The SMILES string of the molecule is [O-]/C(=N\[n+]1ccccc1-c1ccccn1)c1ccccc1. The van der Waals surface area contributed by atoms with Crippen LogP contribution in [0.25, 0.3) is 11.4 Å². The standard InChI is InChI=1S/C17H13N3O/c21-17(14-8-2-1-3-9-14)19-20-13-7-5-11-16(20)15-10-4-6-12-18-15/h1-13H. The Morgan fingerprint density at radius 1 is 0.905 bits per heavy atom. The first-order valence-corrected chi connectivity index (χ1v) is 6.58. The lowest BCUT2D eigenvalue weighted by molar-refractivity contribution is -0.670. The van der Waals surface area contributed by atoms with Gasteiger partial charge in [-0.3, -0.25) is 0 Å². The van der Waals surface area contributed by atoms with Crippen LogP contribution in [-0.4, -0.2) is 10.9 Å². The first-order valence-electron chi connectivity index (χ1n) is 6.58. The second kappa shape index (κ2) is 5.96. The Bertz CT molecular complexity index is 755. The maximum Gasteiger partial charge on any atom is 0.263 e. The number of aromatic nitrogens is 2. The van der Waals surface area contributed by atoms with Crippen LogP contribution in [0.4, 0.5) is 0 Å². The summed E-state index contributed by atoms with van der Waals surface area (Å²) in [6.07, 6.45) is 3.45. The van der Waals surface area contributed by atoms with Crippen LogP contribution in [0.5, 0.6) is 0 Å². The van der Waals surface area contributed by atoms with Crippen LogP contribution >= 0.6 is 0 Å². The van der Waals surface area contributed by atoms with E-state index < -0.39 is 0 Å². The van der Waals surface area contributed by atoms with E-state index in [0.717, 1.165) is 11.4 Å². The van der Waals surface area contributed by atoms with Crippen LogP contribution in [0.15, 0.2) is 84.2 Å². The van der Waals surface area contributed by atoms with E-state index >= 15 is 0 Å². The fourth-order valence-corrected chi connectivity index (χ4v) is 1.98. The van der Waals surface area contributed by atoms with Crippen molar-refractivity contribution in [2.75, 3.05) is 0 Å². The molecule has 3 rings (SSSR count). The Kier molecular flexibility index (Phi) is 3.69. The van der Waals surface area contributed by atoms with Gasteiger partial charge in [-0.15, -0.1) is 0 Å². The van der Waals surface area contributed by atoms with Gasteiger partial charge in [0.25, 0.3) is 5.69 Å². The summed E-state index contributed by atoms with van der Waals surface area (Å²) in [5, 5.41) is 16.3. The smallest absolute Gasteiger partial charge is 0.263 e. The van der Waals surface area contributed by atoms with Crippen molar-refractivity contribution in [2.45, 2.75) is 0 Å². The summed E-state index contributed by atoms with van der Waals surface area (Å²) in [5.74, 6) is -0.288. The van der Waals surface area contributed by atoms with E-state index in [2.05, 4.69) is 10.1 Å². The van der Waals surface area contributed by atoms with E-state index in [1.807, 2.05) is 54.6 Å². The lowest BCUT2D eigenvalue weighted by Gasteiger charge is -2.07. The van der Waals surface area contributed by atoms with Crippen molar-refractivity contribution in [3.8, 4) is 11.4 Å². The zero-order chi connectivity index (χ0) is 14.5. The van der Waals surface area contributed by atoms with Gasteiger partial charge in [0.05, 0.1) is 5.90 Å². The van der Waals surface area contributed by atoms with Gasteiger partial charge in [-0.2, -0.15) is 0 Å². The highest BCUT2D eigenvalue weighted by Crippen LogP contribution is 2.10. The Labute approximate surface area is 122 Å². The van der Waals surface area contributed by atoms with Crippen molar-refractivity contribution in [1.82, 2.24) is 4.98 Å². The number of hydrogen-bond acceptors (Lipinski definition) is 3. The topological polar surface area (TPSA) is 52.2 Å². The third-order valence-electron chi connectivity index (χ3n) is 2.99. The van der Waals surface area contributed by atoms with E-state index in [1.54, 1.807) is 29.2 Å². The summed E-state index contributed by atoms with van der Waals surface area (Å²) < 4.78 is 1.55. The molecule has 3 aromatic rings. The zero-order valence-electron chi connectivity index (χ0n) is 11.3. The van der Waals surface area contributed by atoms with Crippen molar-refractivity contribution in [1.29, 1.82) is 0 Å². The lowest BCUT2D eigenvalue weighted by Crippen LogP contribution is -2.35. The van der Waals surface area contributed by atoms with Crippen LogP contribution in [0.2, 0.25) is 0 Å². The second-order valence-corrected chi connectivity index (χ2v) is 4.42. The van der Waals surface area contributed by atoms with Crippen molar-refractivity contribution in [2.24, 2.45) is 5.10 Å². The molecule has 0 amide bonds. The predicted molar refractivity (Wildman–Crippen MR) is 78.2 cm³/mol. The number of hydrogen-bond donors (Lipinski definition) is 0. The highest BCUT2D eigenvalue weighted by molar-refractivity contribution is 5.89. The Hall–Kier alpha value is -3.01. The number of pyridine rings is 2. The average Bonchev–Trinajstić information content (AvgIpc) is 2.57. The molecule has 0 aliphatic heterocycles. The van der Waals surface area contributed by atoms with E-state index in [-0.39, 0.29) is 5.90 Å². The molecule has 4 heteroatoms. The minimum Gasteiger partial charge on any atom is -0.854 e. The lowest BCUT2D eigenvalue weighted by atomic mass is 10.2. The average molecular weight is 275 g/mol. The summed E-state index contributed by atoms with van der Waals surface area (Å²) in [7, 11) is 0. The number of rotatable bonds is 3. The van der Waals surface area contributed by atoms with Crippen LogP contribution in [0.1, 0.15) is 5.56 Å². The molecule has 0 unspecified atom stereocenters. The molecule has 0 N–H and O–H groups in total. The van der Waals surface area contributed by atoms with E-state index in [4.69, 9.17) is 0 Å². The van der Waals surface area contributed by atoms with Gasteiger partial charge in [0.2, 0.25) is 6.20 Å². The van der Waals surface area contributed by atoms with Crippen molar-refractivity contribution in [3.05, 3.63) is 84.7 Å². The van der Waals surface area contributed by atoms with Crippen LogP contribution in [0, 0.1) is 0 Å². The first-order chi connectivity index (χ1) is 10.3. The van der Waals surface area contributed by atoms with Gasteiger partial charge in [0, 0.05) is 18.3 Å². The first kappa shape index (κ1) is 13.0. The molecule has 0 aliphatic rings. The second-order valence-electron chi connectivity index (χ2n) is 4.42. The largest absolute Gasteiger partial charge is 0.854 e. The summed E-state index contributed by atoms with van der Waals surface area (Å²) in [4.78, 5) is 4.30. The van der Waals surface area contributed by atoms with Gasteiger partial charge in [0.15, 0.2) is 0 Å². The molecule has 102 valence electrons. The highest BCUT2D eigenvalue weighted by Gasteiger charge is 2.12. The van der Waals surface area contributed by atoms with Gasteiger partial charge in [-0.25, -0.2) is 4.98 Å². The maximum atomic E-state index is 12.2. The molecule has 0 fully saturated rings. The summed E-state index contributed by atoms with van der Waals surface area (Å²) in [5.41, 5.74) is 2.09. The van der Waals surface area contributed by atoms with Gasteiger partial charge in [-0.05, 0) is 28.9 Å². The summed E-state index contributed by atoms with van der Waals surface area (Å²) in [6.45, 7) is 0. The zero-order valence-corrected chi connectivity index (χ0v) is 11.3. The Morgan fingerprint density at radius 2 is 1.67 bits per heavy atom. The van der Waals surface area contributed by atoms with E-state index in [0.29, 0.717) is 5.56 Å². The molecule has 1 aromatic carbocycles. The van der Waals surface area contributed by atoms with Gasteiger partial charge in [-0.1, -0.05) is 41.1 Å². The molecule has 0 radical (unpaired) electrons. The molecular weight excluding hydrogens is 262 g/mol. The number of benzene rings is 1. The molecule has 0 atom stereocenters. The maximum absolute atomic E-state index is 12.2. The molecule has 0 bridgehead atoms. The summed E-state index contributed by atoms with van der Waals surface area (Å²) in [6, 6.07) is 20.2. The summed E-state index contributed by atoms with van der Waals surface area (Å²) >= 11 is 0. The molecule has 0 saturated carbocycles. The van der Waals surface area contributed by atoms with Crippen molar-refractivity contribution in [3.63, 3.8) is 0 Å².